The van der Waals surface area contributed by atoms with E-state index in [1.807, 2.05) is 0 Å². The zero-order valence-electron chi connectivity index (χ0n) is 22.8. The highest BCUT2D eigenvalue weighted by atomic mass is 19.3. The maximum atomic E-state index is 15.3. The highest BCUT2D eigenvalue weighted by molar-refractivity contribution is 6.04. The smallest absolute Gasteiger partial charge is 0.408 e. The van der Waals surface area contributed by atoms with Crippen LogP contribution in [0.15, 0.2) is 36.4 Å². The molecular formula is C29H33F4N3O4. The van der Waals surface area contributed by atoms with Gasteiger partial charge in [-0.3, -0.25) is 9.59 Å². The Balaban J connectivity index is 1.43. The first-order chi connectivity index (χ1) is 18.6. The molecule has 2 aliphatic carbocycles. The number of aryl methyl sites for hydroxylation is 1. The molecule has 216 valence electrons. The number of amides is 3. The molecule has 3 amide bonds. The average molecular weight is 564 g/mol. The van der Waals surface area contributed by atoms with Crippen LogP contribution in [0.25, 0.3) is 0 Å². The Bertz CT molecular complexity index is 1330. The lowest BCUT2D eigenvalue weighted by Gasteiger charge is -2.38. The van der Waals surface area contributed by atoms with Crippen molar-refractivity contribution in [3.8, 4) is 0 Å². The molecule has 0 aliphatic heterocycles. The van der Waals surface area contributed by atoms with E-state index in [9.17, 15) is 23.2 Å². The van der Waals surface area contributed by atoms with E-state index in [1.165, 1.54) is 19.1 Å². The Hall–Kier alpha value is -3.63. The summed E-state index contributed by atoms with van der Waals surface area (Å²) < 4.78 is 64.0. The largest absolute Gasteiger partial charge is 0.444 e. The van der Waals surface area contributed by atoms with Crippen LogP contribution in [0.5, 0.6) is 0 Å². The van der Waals surface area contributed by atoms with Crippen LogP contribution in [0.1, 0.15) is 74.4 Å². The molecule has 2 aromatic rings. The SMILES string of the molecule is Cc1cc(NC(=O)c2ccc(F)c(C(F)(F)C(=O)NC3CCC4(NC(=O)OC(C)(C)C)CCC3C4)c2)ccc1F. The van der Waals surface area contributed by atoms with Gasteiger partial charge < -0.3 is 20.7 Å². The van der Waals surface area contributed by atoms with Crippen LogP contribution in [0.3, 0.4) is 0 Å². The second kappa shape index (κ2) is 10.7. The number of carbonyl (C=O) groups excluding carboxylic acids is 3. The van der Waals surface area contributed by atoms with E-state index in [4.69, 9.17) is 4.74 Å². The molecule has 0 heterocycles. The van der Waals surface area contributed by atoms with Gasteiger partial charge in [0.1, 0.15) is 17.2 Å². The lowest BCUT2D eigenvalue weighted by atomic mass is 9.80. The monoisotopic (exact) mass is 563 g/mol. The molecule has 11 heteroatoms. The molecule has 2 aromatic carbocycles. The molecular weight excluding hydrogens is 530 g/mol. The molecule has 40 heavy (non-hydrogen) atoms. The zero-order chi connectivity index (χ0) is 29.5. The van der Waals surface area contributed by atoms with Crippen LogP contribution in [0.4, 0.5) is 28.0 Å². The Morgan fingerprint density at radius 2 is 1.65 bits per heavy atom. The number of ether oxygens (including phenoxy) is 1. The molecule has 0 radical (unpaired) electrons. The third-order valence-corrected chi connectivity index (χ3v) is 7.50. The summed E-state index contributed by atoms with van der Waals surface area (Å²) >= 11 is 0. The van der Waals surface area contributed by atoms with E-state index in [-0.39, 0.29) is 22.7 Å². The molecule has 2 aliphatic rings. The van der Waals surface area contributed by atoms with E-state index in [0.29, 0.717) is 44.2 Å². The number of benzene rings is 2. The number of hydrogen-bond acceptors (Lipinski definition) is 4. The van der Waals surface area contributed by atoms with E-state index in [0.717, 1.165) is 12.1 Å². The maximum Gasteiger partial charge on any atom is 0.408 e. The van der Waals surface area contributed by atoms with Crippen LogP contribution in [0.2, 0.25) is 0 Å². The lowest BCUT2D eigenvalue weighted by molar-refractivity contribution is -0.148. The minimum absolute atomic E-state index is 0.149. The first-order valence-electron chi connectivity index (χ1n) is 13.2. The fourth-order valence-corrected chi connectivity index (χ4v) is 5.51. The number of anilines is 1. The first kappa shape index (κ1) is 29.4. The topological polar surface area (TPSA) is 96.5 Å². The Kier molecular flexibility index (Phi) is 7.88. The van der Waals surface area contributed by atoms with Crippen LogP contribution < -0.4 is 16.0 Å². The summed E-state index contributed by atoms with van der Waals surface area (Å²) in [6, 6.07) is 5.61. The summed E-state index contributed by atoms with van der Waals surface area (Å²) in [5.74, 6) is -8.70. The molecule has 4 rings (SSSR count). The number of rotatable bonds is 6. The summed E-state index contributed by atoms with van der Waals surface area (Å²) in [5, 5.41) is 7.77. The van der Waals surface area contributed by atoms with Gasteiger partial charge in [0.25, 0.3) is 11.8 Å². The summed E-state index contributed by atoms with van der Waals surface area (Å²) in [6.07, 6.45) is 2.00. The maximum absolute atomic E-state index is 15.3. The van der Waals surface area contributed by atoms with Crippen LogP contribution in [-0.4, -0.2) is 35.1 Å². The van der Waals surface area contributed by atoms with Crippen molar-refractivity contribution in [3.63, 3.8) is 0 Å². The standard InChI is InChI=1S/C29H33F4N3O4/c1-16-13-19(6-8-21(16)30)34-24(37)17-5-7-22(31)20(14-17)29(32,33)25(38)35-23-10-12-28(11-9-18(23)15-28)36-26(39)40-27(2,3)4/h5-8,13-14,18,23H,9-12,15H2,1-4H3,(H,34,37)(H,35,38)(H,36,39). The van der Waals surface area contributed by atoms with Gasteiger partial charge in [0.05, 0.1) is 5.56 Å². The number of alkyl halides is 2. The van der Waals surface area contributed by atoms with Crippen LogP contribution in [-0.2, 0) is 15.5 Å². The summed E-state index contributed by atoms with van der Waals surface area (Å²) in [7, 11) is 0. The molecule has 3 unspecified atom stereocenters. The summed E-state index contributed by atoms with van der Waals surface area (Å²) in [6.45, 7) is 6.76. The normalized spacial score (nSPS) is 22.4. The van der Waals surface area contributed by atoms with Gasteiger partial charge in [-0.1, -0.05) is 0 Å². The predicted molar refractivity (Wildman–Crippen MR) is 140 cm³/mol. The van der Waals surface area contributed by atoms with Crippen molar-refractivity contribution >= 4 is 23.6 Å². The number of carbonyl (C=O) groups is 3. The highest BCUT2D eigenvalue weighted by Gasteiger charge is 2.50. The molecule has 7 nitrogen and oxygen atoms in total. The predicted octanol–water partition coefficient (Wildman–Crippen LogP) is 5.96. The van der Waals surface area contributed by atoms with E-state index >= 15 is 8.78 Å². The Morgan fingerprint density at radius 1 is 0.975 bits per heavy atom. The van der Waals surface area contributed by atoms with Gasteiger partial charge in [0.2, 0.25) is 0 Å². The molecule has 0 aromatic heterocycles. The van der Waals surface area contributed by atoms with Gasteiger partial charge in [-0.25, -0.2) is 13.6 Å². The summed E-state index contributed by atoms with van der Waals surface area (Å²) in [5.41, 5.74) is -2.21. The highest BCUT2D eigenvalue weighted by Crippen LogP contribution is 2.46. The molecule has 3 N–H and O–H groups in total. The van der Waals surface area contributed by atoms with Crippen LogP contribution >= 0.6 is 0 Å². The van der Waals surface area contributed by atoms with E-state index in [1.54, 1.807) is 20.8 Å². The Morgan fingerprint density at radius 3 is 2.33 bits per heavy atom. The fourth-order valence-electron chi connectivity index (χ4n) is 5.51. The minimum atomic E-state index is -4.26. The summed E-state index contributed by atoms with van der Waals surface area (Å²) in [4.78, 5) is 37.7. The van der Waals surface area contributed by atoms with Gasteiger partial charge in [0, 0.05) is 22.8 Å². The number of halogens is 4. The van der Waals surface area contributed by atoms with E-state index < -0.39 is 58.2 Å². The zero-order valence-corrected chi connectivity index (χ0v) is 22.8. The van der Waals surface area contributed by atoms with Gasteiger partial charge in [0.15, 0.2) is 0 Å². The quantitative estimate of drug-likeness (QED) is 0.378. The third-order valence-electron chi connectivity index (χ3n) is 7.50. The molecule has 0 spiro atoms. The van der Waals surface area contributed by atoms with Crippen molar-refractivity contribution in [1.29, 1.82) is 0 Å². The number of alkyl carbamates (subject to hydrolysis) is 1. The van der Waals surface area contributed by atoms with Gasteiger partial charge in [-0.05, 0) is 108 Å². The fraction of sp³-hybridized carbons (Fsp3) is 0.483. The number of fused-ring (bicyclic) bond motifs is 2. The molecule has 3 atom stereocenters. The average Bonchev–Trinajstić information content (AvgIpc) is 3.19. The second-order valence-corrected chi connectivity index (χ2v) is 11.7. The number of hydrogen-bond donors (Lipinski definition) is 3. The molecule has 2 fully saturated rings. The molecule has 2 saturated carbocycles. The lowest BCUT2D eigenvalue weighted by Crippen LogP contribution is -2.54. The van der Waals surface area contributed by atoms with Gasteiger partial charge in [-0.2, -0.15) is 8.78 Å². The second-order valence-electron chi connectivity index (χ2n) is 11.7. The van der Waals surface area contributed by atoms with Gasteiger partial charge in [-0.15, -0.1) is 0 Å². The first-order valence-corrected chi connectivity index (χ1v) is 13.2. The number of nitrogens with one attached hydrogen (secondary N) is 3. The van der Waals surface area contributed by atoms with Crippen molar-refractivity contribution in [3.05, 3.63) is 64.7 Å². The van der Waals surface area contributed by atoms with Crippen molar-refractivity contribution < 1.29 is 36.7 Å². The third kappa shape index (κ3) is 6.39. The van der Waals surface area contributed by atoms with E-state index in [2.05, 4.69) is 16.0 Å². The van der Waals surface area contributed by atoms with Crippen molar-refractivity contribution in [2.75, 3.05) is 5.32 Å². The molecule has 0 saturated heterocycles. The van der Waals surface area contributed by atoms with Crippen molar-refractivity contribution in [1.82, 2.24) is 10.6 Å². The molecule has 2 bridgehead atoms. The van der Waals surface area contributed by atoms with Gasteiger partial charge >= 0.3 is 12.0 Å². The van der Waals surface area contributed by atoms with Crippen LogP contribution in [0, 0.1) is 24.5 Å². The van der Waals surface area contributed by atoms with Crippen molar-refractivity contribution in [2.24, 2.45) is 5.92 Å². The minimum Gasteiger partial charge on any atom is -0.444 e. The Labute approximate surface area is 230 Å². The van der Waals surface area contributed by atoms with Crippen molar-refractivity contribution in [2.45, 2.75) is 82.9 Å².